The van der Waals surface area contributed by atoms with E-state index in [-0.39, 0.29) is 12.5 Å². The largest absolute Gasteiger partial charge is 0.364 e. The first-order valence-corrected chi connectivity index (χ1v) is 7.68. The molecule has 1 amide bonds. The van der Waals surface area contributed by atoms with Gasteiger partial charge in [0.05, 0.1) is 16.8 Å². The maximum atomic E-state index is 11.8. The zero-order chi connectivity index (χ0) is 15.4. The molecular weight excluding hydrogens is 298 g/mol. The van der Waals surface area contributed by atoms with Crippen LogP contribution in [0, 0.1) is 6.92 Å². The normalized spacial score (nSPS) is 10.8. The van der Waals surface area contributed by atoms with Crippen molar-refractivity contribution in [1.29, 1.82) is 0 Å². The monoisotopic (exact) mass is 313 g/mol. The predicted octanol–water partition coefficient (Wildman–Crippen LogP) is 3.16. The molecule has 0 radical (unpaired) electrons. The number of rotatable bonds is 5. The van der Waals surface area contributed by atoms with E-state index in [0.717, 1.165) is 20.9 Å². The molecule has 0 unspecified atom stereocenters. The van der Waals surface area contributed by atoms with E-state index in [1.165, 1.54) is 0 Å². The smallest absolute Gasteiger partial charge is 0.251 e. The van der Waals surface area contributed by atoms with Gasteiger partial charge in [-0.25, -0.2) is 9.97 Å². The molecule has 1 N–H and O–H groups in total. The SMILES string of the molecule is Cc1cccc(NC(=O)COCc2nc3ccccc3s2)n1. The molecule has 3 rings (SSSR count). The van der Waals surface area contributed by atoms with Gasteiger partial charge in [0.25, 0.3) is 5.91 Å². The summed E-state index contributed by atoms with van der Waals surface area (Å²) in [5.41, 5.74) is 1.81. The lowest BCUT2D eigenvalue weighted by molar-refractivity contribution is -0.121. The summed E-state index contributed by atoms with van der Waals surface area (Å²) in [6.07, 6.45) is 0. The Morgan fingerprint density at radius 2 is 2.05 bits per heavy atom. The number of hydrogen-bond acceptors (Lipinski definition) is 5. The molecule has 6 heteroatoms. The number of fused-ring (bicyclic) bond motifs is 1. The minimum atomic E-state index is -0.223. The van der Waals surface area contributed by atoms with Crippen LogP contribution in [0.15, 0.2) is 42.5 Å². The summed E-state index contributed by atoms with van der Waals surface area (Å²) in [4.78, 5) is 20.5. The van der Waals surface area contributed by atoms with Crippen LogP contribution in [-0.4, -0.2) is 22.5 Å². The molecule has 2 aromatic heterocycles. The van der Waals surface area contributed by atoms with E-state index in [1.807, 2.05) is 43.3 Å². The predicted molar refractivity (Wildman–Crippen MR) is 86.9 cm³/mol. The number of benzene rings is 1. The standard InChI is InChI=1S/C16H15N3O2S/c1-11-5-4-8-14(17-11)19-15(20)9-21-10-16-18-12-6-2-3-7-13(12)22-16/h2-8H,9-10H2,1H3,(H,17,19,20). The third-order valence-electron chi connectivity index (χ3n) is 2.95. The number of para-hydroxylation sites is 1. The summed E-state index contributed by atoms with van der Waals surface area (Å²) < 4.78 is 6.54. The summed E-state index contributed by atoms with van der Waals surface area (Å²) in [7, 11) is 0. The summed E-state index contributed by atoms with van der Waals surface area (Å²) in [5, 5.41) is 3.57. The fourth-order valence-corrected chi connectivity index (χ4v) is 2.91. The Bertz CT molecular complexity index is 768. The number of pyridine rings is 1. The van der Waals surface area contributed by atoms with Crippen LogP contribution >= 0.6 is 11.3 Å². The number of nitrogens with zero attached hydrogens (tertiary/aromatic N) is 2. The molecule has 1 aromatic carbocycles. The van der Waals surface area contributed by atoms with Crippen LogP contribution in [-0.2, 0) is 16.1 Å². The van der Waals surface area contributed by atoms with Gasteiger partial charge in [0.15, 0.2) is 0 Å². The minimum absolute atomic E-state index is 0.0223. The lowest BCUT2D eigenvalue weighted by Crippen LogP contribution is -2.19. The summed E-state index contributed by atoms with van der Waals surface area (Å²) in [6, 6.07) is 13.4. The van der Waals surface area contributed by atoms with Gasteiger partial charge in [0, 0.05) is 5.69 Å². The highest BCUT2D eigenvalue weighted by atomic mass is 32.1. The second-order valence-electron chi connectivity index (χ2n) is 4.78. The quantitative estimate of drug-likeness (QED) is 0.786. The molecule has 0 atom stereocenters. The highest BCUT2D eigenvalue weighted by molar-refractivity contribution is 7.18. The number of carbonyl (C=O) groups excluding carboxylic acids is 1. The first-order valence-electron chi connectivity index (χ1n) is 6.86. The molecule has 2 heterocycles. The number of hydrogen-bond donors (Lipinski definition) is 1. The second kappa shape index (κ2) is 6.64. The Balaban J connectivity index is 1.51. The number of aryl methyl sites for hydroxylation is 1. The number of nitrogens with one attached hydrogen (secondary N) is 1. The molecule has 0 fully saturated rings. The summed E-state index contributed by atoms with van der Waals surface area (Å²) in [6.45, 7) is 2.18. The van der Waals surface area contributed by atoms with Crippen molar-refractivity contribution in [2.45, 2.75) is 13.5 Å². The van der Waals surface area contributed by atoms with Gasteiger partial charge in [-0.1, -0.05) is 18.2 Å². The second-order valence-corrected chi connectivity index (χ2v) is 5.90. The molecule has 0 saturated carbocycles. The topological polar surface area (TPSA) is 64.1 Å². The molecule has 0 saturated heterocycles. The van der Waals surface area contributed by atoms with Crippen molar-refractivity contribution in [3.8, 4) is 0 Å². The van der Waals surface area contributed by atoms with Gasteiger partial charge in [-0.3, -0.25) is 4.79 Å². The first kappa shape index (κ1) is 14.6. The maximum absolute atomic E-state index is 11.8. The number of anilines is 1. The van der Waals surface area contributed by atoms with Gasteiger partial charge in [-0.05, 0) is 31.2 Å². The van der Waals surface area contributed by atoms with Crippen molar-refractivity contribution in [2.75, 3.05) is 11.9 Å². The third kappa shape index (κ3) is 3.66. The van der Waals surface area contributed by atoms with Crippen LogP contribution in [0.3, 0.4) is 0 Å². The highest BCUT2D eigenvalue weighted by Crippen LogP contribution is 2.21. The average molecular weight is 313 g/mol. The molecule has 5 nitrogen and oxygen atoms in total. The van der Waals surface area contributed by atoms with Crippen LogP contribution in [0.4, 0.5) is 5.82 Å². The van der Waals surface area contributed by atoms with E-state index < -0.39 is 0 Å². The van der Waals surface area contributed by atoms with Crippen molar-refractivity contribution in [3.05, 3.63) is 53.2 Å². The van der Waals surface area contributed by atoms with Crippen LogP contribution < -0.4 is 5.32 Å². The van der Waals surface area contributed by atoms with E-state index in [2.05, 4.69) is 15.3 Å². The number of ether oxygens (including phenoxy) is 1. The molecule has 0 aliphatic carbocycles. The van der Waals surface area contributed by atoms with Gasteiger partial charge >= 0.3 is 0 Å². The van der Waals surface area contributed by atoms with Gasteiger partial charge in [-0.2, -0.15) is 0 Å². The maximum Gasteiger partial charge on any atom is 0.251 e. The van der Waals surface area contributed by atoms with Crippen molar-refractivity contribution in [1.82, 2.24) is 9.97 Å². The molecule has 22 heavy (non-hydrogen) atoms. The van der Waals surface area contributed by atoms with Crippen LogP contribution in [0.1, 0.15) is 10.7 Å². The molecule has 112 valence electrons. The third-order valence-corrected chi connectivity index (χ3v) is 3.96. The molecule has 0 spiro atoms. The summed E-state index contributed by atoms with van der Waals surface area (Å²) >= 11 is 1.57. The molecular formula is C16H15N3O2S. The van der Waals surface area contributed by atoms with Crippen LogP contribution in [0.2, 0.25) is 0 Å². The van der Waals surface area contributed by atoms with Gasteiger partial charge < -0.3 is 10.1 Å². The zero-order valence-corrected chi connectivity index (χ0v) is 12.9. The first-order chi connectivity index (χ1) is 10.7. The van der Waals surface area contributed by atoms with E-state index in [1.54, 1.807) is 17.4 Å². The lowest BCUT2D eigenvalue weighted by atomic mass is 10.3. The van der Waals surface area contributed by atoms with Crippen molar-refractivity contribution in [3.63, 3.8) is 0 Å². The molecule has 0 bridgehead atoms. The van der Waals surface area contributed by atoms with Crippen molar-refractivity contribution in [2.24, 2.45) is 0 Å². The van der Waals surface area contributed by atoms with E-state index >= 15 is 0 Å². The Morgan fingerprint density at radius 3 is 2.86 bits per heavy atom. The molecule has 0 aliphatic heterocycles. The minimum Gasteiger partial charge on any atom is -0.364 e. The van der Waals surface area contributed by atoms with Crippen molar-refractivity contribution < 1.29 is 9.53 Å². The molecule has 0 aliphatic rings. The van der Waals surface area contributed by atoms with E-state index in [4.69, 9.17) is 4.74 Å². The average Bonchev–Trinajstić information content (AvgIpc) is 2.90. The highest BCUT2D eigenvalue weighted by Gasteiger charge is 2.06. The fraction of sp³-hybridized carbons (Fsp3) is 0.188. The summed E-state index contributed by atoms with van der Waals surface area (Å²) in [5.74, 6) is 0.313. The van der Waals surface area contributed by atoms with E-state index in [0.29, 0.717) is 12.4 Å². The number of carbonyl (C=O) groups is 1. The number of thiazole rings is 1. The zero-order valence-electron chi connectivity index (χ0n) is 12.1. The Hall–Kier alpha value is -2.31. The van der Waals surface area contributed by atoms with Crippen LogP contribution in [0.25, 0.3) is 10.2 Å². The van der Waals surface area contributed by atoms with Gasteiger partial charge in [0.2, 0.25) is 0 Å². The lowest BCUT2D eigenvalue weighted by Gasteiger charge is -2.05. The van der Waals surface area contributed by atoms with Crippen molar-refractivity contribution >= 4 is 33.3 Å². The Morgan fingerprint density at radius 1 is 1.18 bits per heavy atom. The Kier molecular flexibility index (Phi) is 4.41. The van der Waals surface area contributed by atoms with Crippen LogP contribution in [0.5, 0.6) is 0 Å². The number of amides is 1. The van der Waals surface area contributed by atoms with Gasteiger partial charge in [-0.15, -0.1) is 11.3 Å². The van der Waals surface area contributed by atoms with Gasteiger partial charge in [0.1, 0.15) is 17.4 Å². The van der Waals surface area contributed by atoms with E-state index in [9.17, 15) is 4.79 Å². The fourth-order valence-electron chi connectivity index (χ4n) is 2.00. The molecule has 3 aromatic rings. The number of aromatic nitrogens is 2. The Labute approximate surface area is 132 Å².